The van der Waals surface area contributed by atoms with Crippen molar-refractivity contribution >= 4 is 5.69 Å². The molecule has 11 heteroatoms. The van der Waals surface area contributed by atoms with Gasteiger partial charge in [0.1, 0.15) is 0 Å². The number of nitrogens with zero attached hydrogens (tertiary/aromatic N) is 2. The monoisotopic (exact) mass is 324 g/mol. The maximum Gasteiger partial charge on any atom is 0.433 e. The second-order valence-electron chi connectivity index (χ2n) is 3.74. The summed E-state index contributed by atoms with van der Waals surface area (Å²) >= 11 is 0. The summed E-state index contributed by atoms with van der Waals surface area (Å²) in [7, 11) is 0. The third kappa shape index (κ3) is 3.10. The Balaban J connectivity index is 3.49. The third-order valence-electron chi connectivity index (χ3n) is 2.30. The lowest BCUT2D eigenvalue weighted by Gasteiger charge is -2.33. The van der Waals surface area contributed by atoms with Crippen molar-refractivity contribution in [1.82, 2.24) is 0 Å². The maximum atomic E-state index is 12.5. The van der Waals surface area contributed by atoms with E-state index in [0.29, 0.717) is 0 Å². The van der Waals surface area contributed by atoms with Crippen LogP contribution in [0.25, 0.3) is 0 Å². The highest BCUT2D eigenvalue weighted by molar-refractivity contribution is 5.35. The average Bonchev–Trinajstić information content (AvgIpc) is 2.25. The van der Waals surface area contributed by atoms with E-state index in [-0.39, 0.29) is 0 Å². The van der Waals surface area contributed by atoms with Gasteiger partial charge in [0.2, 0.25) is 0 Å². The molecule has 118 valence electrons. The minimum atomic E-state index is -6.75. The smallest absolute Gasteiger partial charge is 0.167 e. The number of benzene rings is 1. The largest absolute Gasteiger partial charge is 0.433 e. The predicted molar refractivity (Wildman–Crippen MR) is 51.9 cm³/mol. The van der Waals surface area contributed by atoms with Gasteiger partial charge in [-0.2, -0.15) is 49.7 Å². The lowest BCUT2D eigenvalue weighted by molar-refractivity contribution is -0.379. The minimum absolute atomic E-state index is 0.584. The van der Waals surface area contributed by atoms with Crippen molar-refractivity contribution in [3.63, 3.8) is 0 Å². The Kier molecular flexibility index (Phi) is 4.26. The number of alkyl halides is 9. The molecule has 0 heterocycles. The highest BCUT2D eigenvalue weighted by atomic mass is 19.4. The van der Waals surface area contributed by atoms with E-state index in [1.165, 1.54) is 6.07 Å². The van der Waals surface area contributed by atoms with Crippen LogP contribution in [0.3, 0.4) is 0 Å². The van der Waals surface area contributed by atoms with E-state index in [2.05, 4.69) is 5.11 Å². The molecule has 0 radical (unpaired) electrons. The molecule has 1 aromatic rings. The Morgan fingerprint density at radius 3 is 1.33 bits per heavy atom. The van der Waals surface area contributed by atoms with E-state index in [1.54, 1.807) is 5.11 Å². The van der Waals surface area contributed by atoms with Gasteiger partial charge in [-0.1, -0.05) is 18.2 Å². The minimum Gasteiger partial charge on any atom is -0.167 e. The van der Waals surface area contributed by atoms with Gasteiger partial charge in [-0.15, -0.1) is 0 Å². The molecule has 0 saturated carbocycles. The lowest BCUT2D eigenvalue weighted by Crippen LogP contribution is -2.64. The standard InChI is InChI=1S/C10H5F9N2/c11-8(12,13)7(9(14,15)16,10(17,18)19)21-20-6-4-2-1-3-5-6/h1-5H. The van der Waals surface area contributed by atoms with Gasteiger partial charge in [0.25, 0.3) is 0 Å². The summed E-state index contributed by atoms with van der Waals surface area (Å²) in [6.07, 6.45) is -20.2. The van der Waals surface area contributed by atoms with Crippen LogP contribution in [0.15, 0.2) is 40.6 Å². The Morgan fingerprint density at radius 2 is 1.00 bits per heavy atom. The first-order valence-electron chi connectivity index (χ1n) is 5.01. The van der Waals surface area contributed by atoms with Gasteiger partial charge in [0.15, 0.2) is 0 Å². The summed E-state index contributed by atoms with van der Waals surface area (Å²) in [5, 5.41) is 4.03. The summed E-state index contributed by atoms with van der Waals surface area (Å²) < 4.78 is 112. The van der Waals surface area contributed by atoms with Gasteiger partial charge < -0.3 is 0 Å². The third-order valence-corrected chi connectivity index (χ3v) is 2.30. The van der Waals surface area contributed by atoms with Crippen molar-refractivity contribution in [2.24, 2.45) is 10.2 Å². The van der Waals surface area contributed by atoms with E-state index in [9.17, 15) is 39.5 Å². The molecule has 0 aliphatic carbocycles. The highest BCUT2D eigenvalue weighted by Crippen LogP contribution is 2.55. The molecule has 21 heavy (non-hydrogen) atoms. The van der Waals surface area contributed by atoms with E-state index in [1.807, 2.05) is 0 Å². The van der Waals surface area contributed by atoms with Crippen LogP contribution in [0.5, 0.6) is 0 Å². The second kappa shape index (κ2) is 5.19. The molecule has 0 bridgehead atoms. The molecule has 0 saturated heterocycles. The van der Waals surface area contributed by atoms with E-state index >= 15 is 0 Å². The van der Waals surface area contributed by atoms with Crippen molar-refractivity contribution < 1.29 is 39.5 Å². The number of hydrogen-bond acceptors (Lipinski definition) is 2. The van der Waals surface area contributed by atoms with Crippen LogP contribution in [0.2, 0.25) is 0 Å². The van der Waals surface area contributed by atoms with Gasteiger partial charge in [-0.3, -0.25) is 0 Å². The quantitative estimate of drug-likeness (QED) is 0.528. The zero-order valence-corrected chi connectivity index (χ0v) is 9.68. The summed E-state index contributed by atoms with van der Waals surface area (Å²) in [5.41, 5.74) is -6.86. The molecule has 1 rings (SSSR count). The topological polar surface area (TPSA) is 24.7 Å². The molecule has 0 fully saturated rings. The Morgan fingerprint density at radius 1 is 0.619 bits per heavy atom. The number of hydrogen-bond donors (Lipinski definition) is 0. The SMILES string of the molecule is FC(F)(F)C(N=Nc1ccccc1)(C(F)(F)F)C(F)(F)F. The first-order chi connectivity index (χ1) is 9.33. The highest BCUT2D eigenvalue weighted by Gasteiger charge is 2.85. The van der Waals surface area contributed by atoms with Gasteiger partial charge in [-0.25, -0.2) is 0 Å². The van der Waals surface area contributed by atoms with Crippen molar-refractivity contribution in [3.8, 4) is 0 Å². The van der Waals surface area contributed by atoms with E-state index in [4.69, 9.17) is 0 Å². The molecule has 0 atom stereocenters. The maximum absolute atomic E-state index is 12.5. The Bertz CT molecular complexity index is 462. The van der Waals surface area contributed by atoms with Crippen LogP contribution in [-0.2, 0) is 0 Å². The van der Waals surface area contributed by atoms with Crippen molar-refractivity contribution in [2.45, 2.75) is 24.1 Å². The average molecular weight is 324 g/mol. The fourth-order valence-electron chi connectivity index (χ4n) is 1.28. The normalized spacial score (nSPS) is 14.7. The van der Waals surface area contributed by atoms with Crippen molar-refractivity contribution in [3.05, 3.63) is 30.3 Å². The Hall–Kier alpha value is -1.81. The number of rotatable bonds is 2. The van der Waals surface area contributed by atoms with Gasteiger partial charge in [0.05, 0.1) is 5.69 Å². The number of halogens is 9. The molecule has 0 spiro atoms. The van der Waals surface area contributed by atoms with Crippen LogP contribution in [0.1, 0.15) is 0 Å². The molecule has 0 unspecified atom stereocenters. The van der Waals surface area contributed by atoms with Crippen LogP contribution < -0.4 is 0 Å². The molecule has 0 amide bonds. The van der Waals surface area contributed by atoms with Gasteiger partial charge >= 0.3 is 24.1 Å². The summed E-state index contributed by atoms with van der Waals surface area (Å²) in [4.78, 5) is 0. The van der Waals surface area contributed by atoms with Crippen LogP contribution in [0.4, 0.5) is 45.2 Å². The molecule has 0 aliphatic rings. The molecule has 0 aliphatic heterocycles. The zero-order valence-electron chi connectivity index (χ0n) is 9.68. The van der Waals surface area contributed by atoms with Crippen LogP contribution in [0, 0.1) is 0 Å². The molecule has 0 N–H and O–H groups in total. The van der Waals surface area contributed by atoms with Crippen molar-refractivity contribution in [2.75, 3.05) is 0 Å². The first kappa shape index (κ1) is 17.2. The Labute approximate surface area is 111 Å². The lowest BCUT2D eigenvalue weighted by atomic mass is 9.98. The predicted octanol–water partition coefficient (Wildman–Crippen LogP) is 5.20. The molecule has 2 nitrogen and oxygen atoms in total. The molecular formula is C10H5F9N2. The van der Waals surface area contributed by atoms with Crippen LogP contribution >= 0.6 is 0 Å². The van der Waals surface area contributed by atoms with Crippen molar-refractivity contribution in [1.29, 1.82) is 0 Å². The zero-order chi connectivity index (χ0) is 16.5. The van der Waals surface area contributed by atoms with Gasteiger partial charge in [0, 0.05) is 0 Å². The molecule has 1 aromatic carbocycles. The van der Waals surface area contributed by atoms with E-state index < -0.39 is 29.8 Å². The van der Waals surface area contributed by atoms with Gasteiger partial charge in [-0.05, 0) is 12.1 Å². The molecular weight excluding hydrogens is 319 g/mol. The second-order valence-corrected chi connectivity index (χ2v) is 3.74. The van der Waals surface area contributed by atoms with E-state index in [0.717, 1.165) is 24.3 Å². The first-order valence-corrected chi connectivity index (χ1v) is 5.01. The summed E-state index contributed by atoms with van der Waals surface area (Å²) in [6.45, 7) is 0. The fourth-order valence-corrected chi connectivity index (χ4v) is 1.28. The summed E-state index contributed by atoms with van der Waals surface area (Å²) in [5.74, 6) is 0. The van der Waals surface area contributed by atoms with Crippen LogP contribution in [-0.4, -0.2) is 24.1 Å². The summed E-state index contributed by atoms with van der Waals surface area (Å²) in [6, 6.07) is 5.45. The molecule has 0 aromatic heterocycles. The fraction of sp³-hybridized carbons (Fsp3) is 0.400. The number of azo groups is 1.